The van der Waals surface area contributed by atoms with E-state index in [9.17, 15) is 28.1 Å². The average Bonchev–Trinajstić information content (AvgIpc) is 3.00. The third kappa shape index (κ3) is 8.64. The van der Waals surface area contributed by atoms with E-state index >= 15 is 0 Å². The maximum absolute atomic E-state index is 14.2. The van der Waals surface area contributed by atoms with Crippen LogP contribution in [-0.2, 0) is 26.2 Å². The molecule has 0 fully saturated rings. The molecule has 0 radical (unpaired) electrons. The number of sulfonamides is 1. The Morgan fingerprint density at radius 1 is 1.00 bits per heavy atom. The van der Waals surface area contributed by atoms with E-state index < -0.39 is 49.9 Å². The summed E-state index contributed by atoms with van der Waals surface area (Å²) in [6.07, 6.45) is 0. The van der Waals surface area contributed by atoms with Crippen molar-refractivity contribution in [3.8, 4) is 11.5 Å². The summed E-state index contributed by atoms with van der Waals surface area (Å²) >= 11 is 6.26. The molecule has 1 atom stereocenters. The fourth-order valence-electron chi connectivity index (χ4n) is 4.41. The van der Waals surface area contributed by atoms with Crippen molar-refractivity contribution < 1.29 is 32.4 Å². The highest BCUT2D eigenvalue weighted by Gasteiger charge is 2.35. The first kappa shape index (κ1) is 35.1. The molecule has 0 saturated carbocycles. The summed E-state index contributed by atoms with van der Waals surface area (Å²) in [6.45, 7) is 6.47. The van der Waals surface area contributed by atoms with Gasteiger partial charge in [-0.3, -0.25) is 24.0 Å². The summed E-state index contributed by atoms with van der Waals surface area (Å²) in [6, 6.07) is 13.6. The number of aryl methyl sites for hydroxylation is 1. The first-order valence-corrected chi connectivity index (χ1v) is 15.8. The number of ether oxygens (including phenoxy) is 2. The van der Waals surface area contributed by atoms with Gasteiger partial charge in [0.25, 0.3) is 15.7 Å². The standard InChI is InChI=1S/C31H37ClN4O8S/c1-20(2)17-33-31(38)22(4)34(18-23-8-11-25(43-5)12-9-23)30(37)19-35(28-15-24(32)10-14-29(28)44-6)45(41,42)26-13-7-21(3)27(16-26)36(39)40/h7-16,20,22H,17-19H2,1-6H3,(H,33,38)/t22-/m0/s1. The molecule has 45 heavy (non-hydrogen) atoms. The van der Waals surface area contributed by atoms with E-state index in [-0.39, 0.29) is 34.5 Å². The summed E-state index contributed by atoms with van der Waals surface area (Å²) in [4.78, 5) is 39.2. The third-order valence-corrected chi connectivity index (χ3v) is 9.01. The zero-order chi connectivity index (χ0) is 33.5. The van der Waals surface area contributed by atoms with Crippen LogP contribution in [0, 0.1) is 23.0 Å². The predicted molar refractivity (Wildman–Crippen MR) is 171 cm³/mol. The van der Waals surface area contributed by atoms with Gasteiger partial charge in [0.05, 0.1) is 29.7 Å². The number of amides is 2. The number of halogens is 1. The van der Waals surface area contributed by atoms with Crippen LogP contribution >= 0.6 is 11.6 Å². The number of nitro benzene ring substituents is 1. The molecule has 12 nitrogen and oxygen atoms in total. The molecule has 0 aliphatic rings. The second kappa shape index (κ2) is 15.1. The van der Waals surface area contributed by atoms with Crippen molar-refractivity contribution in [1.82, 2.24) is 10.2 Å². The van der Waals surface area contributed by atoms with Gasteiger partial charge in [-0.1, -0.05) is 43.6 Å². The number of nitro groups is 1. The van der Waals surface area contributed by atoms with E-state index in [0.29, 0.717) is 17.9 Å². The van der Waals surface area contributed by atoms with Crippen molar-refractivity contribution >= 4 is 44.8 Å². The van der Waals surface area contributed by atoms with Crippen molar-refractivity contribution in [3.63, 3.8) is 0 Å². The van der Waals surface area contributed by atoms with E-state index in [1.807, 2.05) is 13.8 Å². The molecule has 0 aromatic heterocycles. The normalized spacial score (nSPS) is 11.9. The van der Waals surface area contributed by atoms with Crippen LogP contribution in [0.4, 0.5) is 11.4 Å². The van der Waals surface area contributed by atoms with Gasteiger partial charge in [0.1, 0.15) is 24.1 Å². The van der Waals surface area contributed by atoms with Crippen LogP contribution in [-0.4, -0.2) is 63.4 Å². The first-order valence-electron chi connectivity index (χ1n) is 14.0. The van der Waals surface area contributed by atoms with Gasteiger partial charge in [-0.25, -0.2) is 8.42 Å². The van der Waals surface area contributed by atoms with Gasteiger partial charge in [-0.15, -0.1) is 0 Å². The smallest absolute Gasteiger partial charge is 0.273 e. The molecule has 3 aromatic rings. The Morgan fingerprint density at radius 2 is 1.67 bits per heavy atom. The predicted octanol–water partition coefficient (Wildman–Crippen LogP) is 4.96. The van der Waals surface area contributed by atoms with Crippen molar-refractivity contribution in [2.24, 2.45) is 5.92 Å². The lowest BCUT2D eigenvalue weighted by Crippen LogP contribution is -2.51. The van der Waals surface area contributed by atoms with Crippen LogP contribution < -0.4 is 19.1 Å². The molecule has 0 aliphatic carbocycles. The van der Waals surface area contributed by atoms with Gasteiger partial charge < -0.3 is 19.7 Å². The average molecular weight is 661 g/mol. The monoisotopic (exact) mass is 660 g/mol. The fourth-order valence-corrected chi connectivity index (χ4v) is 6.01. The van der Waals surface area contributed by atoms with Crippen molar-refractivity contribution in [1.29, 1.82) is 0 Å². The molecule has 3 aromatic carbocycles. The maximum Gasteiger partial charge on any atom is 0.273 e. The molecule has 1 N–H and O–H groups in total. The van der Waals surface area contributed by atoms with Crippen LogP contribution in [0.25, 0.3) is 0 Å². The molecule has 14 heteroatoms. The zero-order valence-corrected chi connectivity index (χ0v) is 27.5. The topological polar surface area (TPSA) is 148 Å². The number of methoxy groups -OCH3 is 2. The molecule has 2 amide bonds. The summed E-state index contributed by atoms with van der Waals surface area (Å²) in [5.41, 5.74) is 0.449. The quantitative estimate of drug-likeness (QED) is 0.188. The van der Waals surface area contributed by atoms with Crippen molar-refractivity contribution in [2.45, 2.75) is 45.2 Å². The molecule has 0 heterocycles. The fraction of sp³-hybridized carbons (Fsp3) is 0.355. The Balaban J connectivity index is 2.14. The number of nitrogens with zero attached hydrogens (tertiary/aromatic N) is 3. The number of anilines is 1. The zero-order valence-electron chi connectivity index (χ0n) is 25.9. The number of benzene rings is 3. The number of carbonyl (C=O) groups is 2. The van der Waals surface area contributed by atoms with E-state index in [2.05, 4.69) is 5.32 Å². The molecule has 0 spiro atoms. The minimum absolute atomic E-state index is 0.0321. The highest BCUT2D eigenvalue weighted by atomic mass is 35.5. The molecule has 0 aliphatic heterocycles. The SMILES string of the molecule is COc1ccc(CN(C(=O)CN(c2cc(Cl)ccc2OC)S(=O)(=O)c2ccc(C)c([N+](=O)[O-])c2)[C@@H](C)C(=O)NCC(C)C)cc1. The maximum atomic E-state index is 14.2. The minimum Gasteiger partial charge on any atom is -0.497 e. The summed E-state index contributed by atoms with van der Waals surface area (Å²) in [7, 11) is -1.78. The Labute approximate surface area is 268 Å². The molecular weight excluding hydrogens is 624 g/mol. The van der Waals surface area contributed by atoms with Gasteiger partial charge in [-0.2, -0.15) is 0 Å². The lowest BCUT2D eigenvalue weighted by Gasteiger charge is -2.32. The largest absolute Gasteiger partial charge is 0.497 e. The lowest BCUT2D eigenvalue weighted by molar-refractivity contribution is -0.385. The highest BCUT2D eigenvalue weighted by Crippen LogP contribution is 2.36. The Kier molecular flexibility index (Phi) is 11.8. The Bertz CT molecular complexity index is 1650. The van der Waals surface area contributed by atoms with Crippen molar-refractivity contribution in [2.75, 3.05) is 31.6 Å². The molecule has 0 bridgehead atoms. The summed E-state index contributed by atoms with van der Waals surface area (Å²) < 4.78 is 39.8. The Morgan fingerprint density at radius 3 is 2.24 bits per heavy atom. The summed E-state index contributed by atoms with van der Waals surface area (Å²) in [5, 5.41) is 14.6. The number of hydrogen-bond acceptors (Lipinski definition) is 8. The first-order chi connectivity index (χ1) is 21.2. The van der Waals surface area contributed by atoms with Crippen LogP contribution in [0.5, 0.6) is 11.5 Å². The molecule has 242 valence electrons. The third-order valence-electron chi connectivity index (χ3n) is 7.02. The number of carbonyl (C=O) groups excluding carboxylic acids is 2. The molecule has 0 saturated heterocycles. The lowest BCUT2D eigenvalue weighted by atomic mass is 10.1. The van der Waals surface area contributed by atoms with E-state index in [4.69, 9.17) is 21.1 Å². The van der Waals surface area contributed by atoms with E-state index in [1.54, 1.807) is 31.2 Å². The number of rotatable bonds is 14. The van der Waals surface area contributed by atoms with Crippen LogP contribution in [0.1, 0.15) is 31.9 Å². The second-order valence-corrected chi connectivity index (χ2v) is 13.0. The van der Waals surface area contributed by atoms with Crippen LogP contribution in [0.15, 0.2) is 65.6 Å². The van der Waals surface area contributed by atoms with Gasteiger partial charge >= 0.3 is 0 Å². The van der Waals surface area contributed by atoms with Gasteiger partial charge in [0, 0.05) is 29.7 Å². The van der Waals surface area contributed by atoms with E-state index in [1.165, 1.54) is 56.4 Å². The van der Waals surface area contributed by atoms with Gasteiger partial charge in [-0.05, 0) is 61.7 Å². The van der Waals surface area contributed by atoms with Crippen molar-refractivity contribution in [3.05, 3.63) is 86.9 Å². The summed E-state index contributed by atoms with van der Waals surface area (Å²) in [5.74, 6) is -0.306. The highest BCUT2D eigenvalue weighted by molar-refractivity contribution is 7.92. The second-order valence-electron chi connectivity index (χ2n) is 10.7. The Hall–Kier alpha value is -4.36. The molecular formula is C31H37ClN4O8S. The molecule has 0 unspecified atom stereocenters. The number of nitrogens with one attached hydrogen (secondary N) is 1. The minimum atomic E-state index is -4.63. The molecule has 3 rings (SSSR count). The number of hydrogen-bond donors (Lipinski definition) is 1. The van der Waals surface area contributed by atoms with E-state index in [0.717, 1.165) is 10.4 Å². The van der Waals surface area contributed by atoms with Crippen LogP contribution in [0.3, 0.4) is 0 Å². The van der Waals surface area contributed by atoms with Gasteiger partial charge in [0.15, 0.2) is 0 Å². The van der Waals surface area contributed by atoms with Gasteiger partial charge in [0.2, 0.25) is 11.8 Å². The van der Waals surface area contributed by atoms with Crippen LogP contribution in [0.2, 0.25) is 5.02 Å².